The Hall–Kier alpha value is -3.53. The molecular weight excluding hydrogens is 743 g/mol. The van der Waals surface area contributed by atoms with Gasteiger partial charge in [0.25, 0.3) is 6.29 Å². The Morgan fingerprint density at radius 3 is 1.49 bits per heavy atom. The number of allylic oxidation sites excluding steroid dienone is 14. The first-order valence-electron chi connectivity index (χ1n) is 22.8. The van der Waals surface area contributed by atoms with Crippen molar-refractivity contribution in [2.45, 2.75) is 167 Å². The van der Waals surface area contributed by atoms with Crippen molar-refractivity contribution in [1.29, 1.82) is 0 Å². The summed E-state index contributed by atoms with van der Waals surface area (Å²) in [5, 5.41) is 9.64. The first-order chi connectivity index (χ1) is 28.6. The standard InChI is InChI=1S/C50H83NO8/c1-6-8-10-12-14-16-18-20-22-24-26-28-30-32-34-36-38-40-47(52)57-44-46(45-58-50(49(54)55)56-43-42-51(3,4)5)59-48(53)41-39-37-35-33-31-29-27-25-23-21-19-17-15-13-11-9-7-2/h9,11,14-17,20-23,27,29,33,35,46,50H,6-8,10,12-13,18-19,24-26,28,30-32,34,36-45H2,1-5H3/p+1/b11-9-,16-14-,17-15-,22-20-,23-21-,29-27-,35-33-. The van der Waals surface area contributed by atoms with Crippen LogP contribution in [-0.2, 0) is 33.3 Å². The van der Waals surface area contributed by atoms with E-state index in [4.69, 9.17) is 18.9 Å². The molecule has 9 heteroatoms. The highest BCUT2D eigenvalue weighted by Gasteiger charge is 2.25. The Morgan fingerprint density at radius 2 is 0.983 bits per heavy atom. The number of hydrogen-bond acceptors (Lipinski definition) is 7. The number of carboxylic acid groups (broad SMARTS) is 1. The molecule has 336 valence electrons. The van der Waals surface area contributed by atoms with Crippen molar-refractivity contribution >= 4 is 17.9 Å². The third-order valence-corrected chi connectivity index (χ3v) is 9.14. The maximum atomic E-state index is 12.7. The van der Waals surface area contributed by atoms with Gasteiger partial charge in [-0.2, -0.15) is 0 Å². The fourth-order valence-electron chi connectivity index (χ4n) is 5.61. The Morgan fingerprint density at radius 1 is 0.525 bits per heavy atom. The van der Waals surface area contributed by atoms with Crippen LogP contribution in [0.4, 0.5) is 0 Å². The van der Waals surface area contributed by atoms with E-state index in [0.29, 0.717) is 23.9 Å². The SMILES string of the molecule is CC/C=C\C/C=C\C/C=C\C/C=C\C/C=C\CCCC(=O)OC(COC(=O)CCCCCCCCC/C=C\C/C=C\CCCCC)COC(OCC[N+](C)(C)C)C(=O)O. The number of hydrogen-bond donors (Lipinski definition) is 1. The summed E-state index contributed by atoms with van der Waals surface area (Å²) < 4.78 is 22.6. The van der Waals surface area contributed by atoms with Gasteiger partial charge in [-0.1, -0.05) is 144 Å². The van der Waals surface area contributed by atoms with Gasteiger partial charge >= 0.3 is 17.9 Å². The van der Waals surface area contributed by atoms with Gasteiger partial charge in [0.2, 0.25) is 0 Å². The number of quaternary nitrogens is 1. The zero-order valence-corrected chi connectivity index (χ0v) is 37.9. The van der Waals surface area contributed by atoms with E-state index in [1.54, 1.807) is 0 Å². The topological polar surface area (TPSA) is 108 Å². The van der Waals surface area contributed by atoms with Gasteiger partial charge < -0.3 is 28.5 Å². The minimum absolute atomic E-state index is 0.171. The molecule has 59 heavy (non-hydrogen) atoms. The molecule has 0 aliphatic heterocycles. The number of ether oxygens (including phenoxy) is 4. The third-order valence-electron chi connectivity index (χ3n) is 9.14. The van der Waals surface area contributed by atoms with Gasteiger partial charge in [0.1, 0.15) is 13.2 Å². The zero-order chi connectivity index (χ0) is 43.5. The summed E-state index contributed by atoms with van der Waals surface area (Å²) in [5.41, 5.74) is 0. The van der Waals surface area contributed by atoms with Crippen molar-refractivity contribution in [3.8, 4) is 0 Å². The average molecular weight is 827 g/mol. The number of unbranched alkanes of at least 4 members (excludes halogenated alkanes) is 11. The highest BCUT2D eigenvalue weighted by Crippen LogP contribution is 2.12. The van der Waals surface area contributed by atoms with E-state index in [2.05, 4.69) is 92.8 Å². The van der Waals surface area contributed by atoms with Gasteiger partial charge in [0, 0.05) is 12.8 Å². The van der Waals surface area contributed by atoms with Gasteiger partial charge in [-0.15, -0.1) is 0 Å². The molecule has 0 rings (SSSR count). The molecule has 2 unspecified atom stereocenters. The smallest absolute Gasteiger partial charge is 0.361 e. The largest absolute Gasteiger partial charge is 0.477 e. The van der Waals surface area contributed by atoms with E-state index in [1.807, 2.05) is 27.2 Å². The molecule has 1 N–H and O–H groups in total. The van der Waals surface area contributed by atoms with Crippen molar-refractivity contribution in [2.75, 3.05) is 47.5 Å². The molecule has 0 aliphatic rings. The lowest BCUT2D eigenvalue weighted by molar-refractivity contribution is -0.870. The lowest BCUT2D eigenvalue weighted by Gasteiger charge is -2.25. The van der Waals surface area contributed by atoms with Crippen LogP contribution in [0.15, 0.2) is 85.1 Å². The summed E-state index contributed by atoms with van der Waals surface area (Å²) in [5.74, 6) is -2.11. The number of nitrogens with zero attached hydrogens (tertiary/aromatic N) is 1. The summed E-state index contributed by atoms with van der Waals surface area (Å²) in [4.78, 5) is 37.1. The van der Waals surface area contributed by atoms with Crippen molar-refractivity contribution < 1.29 is 42.9 Å². The minimum atomic E-state index is -1.53. The van der Waals surface area contributed by atoms with Crippen LogP contribution in [0.25, 0.3) is 0 Å². The Bertz CT molecular complexity index is 1240. The summed E-state index contributed by atoms with van der Waals surface area (Å²) in [6, 6.07) is 0. The number of likely N-dealkylation sites (N-methyl/N-ethyl adjacent to an activating group) is 1. The monoisotopic (exact) mass is 827 g/mol. The molecule has 0 bridgehead atoms. The van der Waals surface area contributed by atoms with Crippen LogP contribution in [0.3, 0.4) is 0 Å². The summed E-state index contributed by atoms with van der Waals surface area (Å²) in [6.45, 7) is 4.63. The number of carboxylic acids is 1. The highest BCUT2D eigenvalue weighted by molar-refractivity contribution is 5.71. The van der Waals surface area contributed by atoms with Crippen LogP contribution in [0.5, 0.6) is 0 Å². The molecule has 0 amide bonds. The zero-order valence-electron chi connectivity index (χ0n) is 37.9. The third kappa shape index (κ3) is 42.4. The predicted octanol–water partition coefficient (Wildman–Crippen LogP) is 12.1. The average Bonchev–Trinajstić information content (AvgIpc) is 3.19. The highest BCUT2D eigenvalue weighted by atomic mass is 16.7. The molecule has 0 radical (unpaired) electrons. The second kappa shape index (κ2) is 41.2. The molecule has 2 atom stereocenters. The van der Waals surface area contributed by atoms with Crippen molar-refractivity contribution in [2.24, 2.45) is 0 Å². The normalized spacial score (nSPS) is 13.7. The fourth-order valence-corrected chi connectivity index (χ4v) is 5.61. The lowest BCUT2D eigenvalue weighted by Crippen LogP contribution is -2.40. The van der Waals surface area contributed by atoms with Crippen molar-refractivity contribution in [3.63, 3.8) is 0 Å². The van der Waals surface area contributed by atoms with Gasteiger partial charge in [0.15, 0.2) is 6.10 Å². The molecule has 0 saturated heterocycles. The molecule has 0 aromatic rings. The van der Waals surface area contributed by atoms with E-state index < -0.39 is 24.3 Å². The van der Waals surface area contributed by atoms with Crippen LogP contribution in [-0.4, -0.2) is 87.4 Å². The molecule has 0 fully saturated rings. The molecule has 0 spiro atoms. The van der Waals surface area contributed by atoms with Gasteiger partial charge in [-0.3, -0.25) is 9.59 Å². The fraction of sp³-hybridized carbons (Fsp3) is 0.660. The van der Waals surface area contributed by atoms with Crippen molar-refractivity contribution in [1.82, 2.24) is 0 Å². The number of esters is 2. The number of rotatable bonds is 40. The maximum Gasteiger partial charge on any atom is 0.361 e. The first kappa shape index (κ1) is 55.5. The maximum absolute atomic E-state index is 12.7. The second-order valence-electron chi connectivity index (χ2n) is 16.0. The van der Waals surface area contributed by atoms with E-state index in [0.717, 1.165) is 70.6 Å². The molecular formula is C50H84NO8+. The summed E-state index contributed by atoms with van der Waals surface area (Å²) in [7, 11) is 5.92. The van der Waals surface area contributed by atoms with Crippen LogP contribution in [0, 0.1) is 0 Å². The van der Waals surface area contributed by atoms with Crippen LogP contribution in [0.2, 0.25) is 0 Å². The first-order valence-corrected chi connectivity index (χ1v) is 22.8. The Labute approximate surface area is 359 Å². The van der Waals surface area contributed by atoms with Crippen LogP contribution >= 0.6 is 0 Å². The van der Waals surface area contributed by atoms with Crippen LogP contribution < -0.4 is 0 Å². The summed E-state index contributed by atoms with van der Waals surface area (Å²) in [6.07, 6.45) is 49.3. The molecule has 9 nitrogen and oxygen atoms in total. The van der Waals surface area contributed by atoms with E-state index in [1.165, 1.54) is 44.9 Å². The Balaban J connectivity index is 4.56. The van der Waals surface area contributed by atoms with Gasteiger partial charge in [0.05, 0.1) is 34.4 Å². The Kier molecular flexibility index (Phi) is 38.7. The minimum Gasteiger partial charge on any atom is -0.477 e. The lowest BCUT2D eigenvalue weighted by atomic mass is 10.1. The molecule has 0 saturated carbocycles. The molecule has 0 aromatic carbocycles. The molecule has 0 heterocycles. The van der Waals surface area contributed by atoms with E-state index in [9.17, 15) is 19.5 Å². The predicted molar refractivity (Wildman–Crippen MR) is 244 cm³/mol. The van der Waals surface area contributed by atoms with E-state index >= 15 is 0 Å². The number of carbonyl (C=O) groups excluding carboxylic acids is 2. The number of aliphatic carboxylic acids is 1. The van der Waals surface area contributed by atoms with Gasteiger partial charge in [-0.25, -0.2) is 4.79 Å². The van der Waals surface area contributed by atoms with Gasteiger partial charge in [-0.05, 0) is 83.5 Å². The van der Waals surface area contributed by atoms with Crippen molar-refractivity contribution in [3.05, 3.63) is 85.1 Å². The van der Waals surface area contributed by atoms with Crippen LogP contribution in [0.1, 0.15) is 155 Å². The second-order valence-corrected chi connectivity index (χ2v) is 16.0. The molecule has 0 aromatic heterocycles. The molecule has 0 aliphatic carbocycles. The number of carbonyl (C=O) groups is 3. The van der Waals surface area contributed by atoms with E-state index in [-0.39, 0.29) is 38.6 Å². The summed E-state index contributed by atoms with van der Waals surface area (Å²) >= 11 is 0. The quantitative estimate of drug-likeness (QED) is 0.0214.